The molecule has 1 atom stereocenters. The summed E-state index contributed by atoms with van der Waals surface area (Å²) in [6, 6.07) is 13.1. The number of pyridine rings is 1. The van der Waals surface area contributed by atoms with E-state index in [9.17, 15) is 0 Å². The number of halogens is 1. The van der Waals surface area contributed by atoms with Gasteiger partial charge in [-0.2, -0.15) is 0 Å². The van der Waals surface area contributed by atoms with Gasteiger partial charge in [-0.3, -0.25) is 9.98 Å². The number of nitrogens with one attached hydrogen (secondary N) is 2. The van der Waals surface area contributed by atoms with E-state index in [1.807, 2.05) is 19.4 Å². The Bertz CT molecular complexity index is 704. The molecule has 0 aliphatic carbocycles. The average Bonchev–Trinajstić information content (AvgIpc) is 3.12. The van der Waals surface area contributed by atoms with Gasteiger partial charge >= 0.3 is 0 Å². The molecule has 1 aromatic carbocycles. The Morgan fingerprint density at radius 3 is 2.81 bits per heavy atom. The van der Waals surface area contributed by atoms with Crippen molar-refractivity contribution in [1.82, 2.24) is 15.6 Å². The predicted octanol–water partition coefficient (Wildman–Crippen LogP) is 2.99. The summed E-state index contributed by atoms with van der Waals surface area (Å²) in [6.45, 7) is 5.05. The van der Waals surface area contributed by atoms with E-state index in [1.165, 1.54) is 16.8 Å². The van der Waals surface area contributed by atoms with Gasteiger partial charge < -0.3 is 15.5 Å². The van der Waals surface area contributed by atoms with Crippen molar-refractivity contribution in [2.24, 2.45) is 4.99 Å². The van der Waals surface area contributed by atoms with Gasteiger partial charge in [-0.1, -0.05) is 18.2 Å². The van der Waals surface area contributed by atoms with Crippen LogP contribution >= 0.6 is 24.0 Å². The maximum absolute atomic E-state index is 4.37. The van der Waals surface area contributed by atoms with Crippen LogP contribution in [0.15, 0.2) is 53.8 Å². The zero-order chi connectivity index (χ0) is 17.5. The van der Waals surface area contributed by atoms with Crippen molar-refractivity contribution >= 4 is 35.6 Å². The van der Waals surface area contributed by atoms with E-state index in [0.29, 0.717) is 6.04 Å². The molecule has 0 spiro atoms. The Kier molecular flexibility index (Phi) is 8.15. The van der Waals surface area contributed by atoms with Crippen molar-refractivity contribution in [3.8, 4) is 0 Å². The summed E-state index contributed by atoms with van der Waals surface area (Å²) in [7, 11) is 1.83. The van der Waals surface area contributed by atoms with Gasteiger partial charge in [0.2, 0.25) is 0 Å². The van der Waals surface area contributed by atoms with Gasteiger partial charge in [0.25, 0.3) is 0 Å². The van der Waals surface area contributed by atoms with Crippen LogP contribution in [0.2, 0.25) is 0 Å². The molecule has 140 valence electrons. The lowest BCUT2D eigenvalue weighted by atomic mass is 10.1. The molecule has 0 bridgehead atoms. The molecule has 1 aliphatic rings. The summed E-state index contributed by atoms with van der Waals surface area (Å²) in [5.41, 5.74) is 3.86. The quantitative estimate of drug-likeness (QED) is 0.405. The molecule has 2 aromatic rings. The first-order chi connectivity index (χ1) is 12.3. The summed E-state index contributed by atoms with van der Waals surface area (Å²) in [4.78, 5) is 10.9. The van der Waals surface area contributed by atoms with Crippen LogP contribution in [-0.4, -0.2) is 43.7 Å². The SMILES string of the molecule is CN=C(NCCc1ccncc1C)NC1CCN(c2ccccc2)C1.I. The van der Waals surface area contributed by atoms with Gasteiger partial charge in [-0.25, -0.2) is 0 Å². The molecule has 0 radical (unpaired) electrons. The molecule has 2 N–H and O–H groups in total. The van der Waals surface area contributed by atoms with E-state index in [0.717, 1.165) is 38.4 Å². The Morgan fingerprint density at radius 2 is 2.08 bits per heavy atom. The highest BCUT2D eigenvalue weighted by Crippen LogP contribution is 2.19. The van der Waals surface area contributed by atoms with Crippen LogP contribution in [0, 0.1) is 6.92 Å². The number of para-hydroxylation sites is 1. The summed E-state index contributed by atoms with van der Waals surface area (Å²) in [5, 5.41) is 6.98. The number of aliphatic imine (C=N–C) groups is 1. The highest BCUT2D eigenvalue weighted by atomic mass is 127. The maximum atomic E-state index is 4.37. The molecule has 1 unspecified atom stereocenters. The molecule has 5 nitrogen and oxygen atoms in total. The Labute approximate surface area is 173 Å². The zero-order valence-electron chi connectivity index (χ0n) is 15.5. The monoisotopic (exact) mass is 465 g/mol. The van der Waals surface area contributed by atoms with Crippen LogP contribution in [0.25, 0.3) is 0 Å². The summed E-state index contributed by atoms with van der Waals surface area (Å²) < 4.78 is 0. The average molecular weight is 465 g/mol. The first kappa shape index (κ1) is 20.5. The van der Waals surface area contributed by atoms with Gasteiger partial charge in [0.15, 0.2) is 5.96 Å². The van der Waals surface area contributed by atoms with Crippen molar-refractivity contribution in [2.75, 3.05) is 31.6 Å². The first-order valence-corrected chi connectivity index (χ1v) is 8.93. The lowest BCUT2D eigenvalue weighted by Gasteiger charge is -2.20. The molecular formula is C20H28IN5. The van der Waals surface area contributed by atoms with E-state index in [-0.39, 0.29) is 24.0 Å². The van der Waals surface area contributed by atoms with Crippen LogP contribution in [0.4, 0.5) is 5.69 Å². The first-order valence-electron chi connectivity index (χ1n) is 8.93. The minimum atomic E-state index is 0. The van der Waals surface area contributed by atoms with Crippen molar-refractivity contribution < 1.29 is 0 Å². The second-order valence-electron chi connectivity index (χ2n) is 6.46. The smallest absolute Gasteiger partial charge is 0.191 e. The number of aryl methyl sites for hydroxylation is 1. The zero-order valence-corrected chi connectivity index (χ0v) is 17.8. The minimum absolute atomic E-state index is 0. The molecule has 0 saturated carbocycles. The van der Waals surface area contributed by atoms with Gasteiger partial charge in [0, 0.05) is 50.8 Å². The van der Waals surface area contributed by atoms with Crippen molar-refractivity contribution in [3.63, 3.8) is 0 Å². The number of hydrogen-bond donors (Lipinski definition) is 2. The fraction of sp³-hybridized carbons (Fsp3) is 0.400. The number of nitrogens with zero attached hydrogens (tertiary/aromatic N) is 3. The molecular weight excluding hydrogens is 437 g/mol. The van der Waals surface area contributed by atoms with Crippen LogP contribution in [0.1, 0.15) is 17.5 Å². The molecule has 2 heterocycles. The fourth-order valence-corrected chi connectivity index (χ4v) is 3.24. The number of guanidine groups is 1. The van der Waals surface area contributed by atoms with Gasteiger partial charge in [0.1, 0.15) is 0 Å². The highest BCUT2D eigenvalue weighted by Gasteiger charge is 2.23. The Morgan fingerprint density at radius 1 is 1.27 bits per heavy atom. The standard InChI is InChI=1S/C20H27N5.HI/c1-16-14-22-11-8-17(16)9-12-23-20(21-2)24-18-10-13-25(15-18)19-6-4-3-5-7-19;/h3-8,11,14,18H,9-10,12-13,15H2,1-2H3,(H2,21,23,24);1H. The van der Waals surface area contributed by atoms with Crippen LogP contribution in [0.5, 0.6) is 0 Å². The van der Waals surface area contributed by atoms with Crippen LogP contribution in [-0.2, 0) is 6.42 Å². The van der Waals surface area contributed by atoms with Crippen molar-refractivity contribution in [1.29, 1.82) is 0 Å². The normalized spacial score (nSPS) is 16.9. The van der Waals surface area contributed by atoms with E-state index >= 15 is 0 Å². The second-order valence-corrected chi connectivity index (χ2v) is 6.46. The molecule has 0 amide bonds. The predicted molar refractivity (Wildman–Crippen MR) is 120 cm³/mol. The molecule has 1 aliphatic heterocycles. The van der Waals surface area contributed by atoms with Crippen LogP contribution < -0.4 is 15.5 Å². The molecule has 26 heavy (non-hydrogen) atoms. The topological polar surface area (TPSA) is 52.6 Å². The number of benzene rings is 1. The molecule has 1 aromatic heterocycles. The number of rotatable bonds is 5. The highest BCUT2D eigenvalue weighted by molar-refractivity contribution is 14.0. The van der Waals surface area contributed by atoms with Crippen molar-refractivity contribution in [3.05, 3.63) is 59.9 Å². The molecule has 6 heteroatoms. The van der Waals surface area contributed by atoms with Gasteiger partial charge in [-0.15, -0.1) is 24.0 Å². The lowest BCUT2D eigenvalue weighted by molar-refractivity contribution is 0.648. The van der Waals surface area contributed by atoms with E-state index < -0.39 is 0 Å². The lowest BCUT2D eigenvalue weighted by Crippen LogP contribution is -2.45. The second kappa shape index (κ2) is 10.4. The van der Waals surface area contributed by atoms with E-state index in [1.54, 1.807) is 0 Å². The van der Waals surface area contributed by atoms with Gasteiger partial charge in [-0.05, 0) is 49.1 Å². The number of hydrogen-bond acceptors (Lipinski definition) is 3. The molecule has 1 fully saturated rings. The number of aromatic nitrogens is 1. The third-order valence-electron chi connectivity index (χ3n) is 4.70. The van der Waals surface area contributed by atoms with E-state index in [4.69, 9.17) is 0 Å². The van der Waals surface area contributed by atoms with E-state index in [2.05, 4.69) is 68.8 Å². The summed E-state index contributed by atoms with van der Waals surface area (Å²) in [6.07, 6.45) is 5.86. The maximum Gasteiger partial charge on any atom is 0.191 e. The Balaban J connectivity index is 0.00000243. The largest absolute Gasteiger partial charge is 0.369 e. The summed E-state index contributed by atoms with van der Waals surface area (Å²) >= 11 is 0. The van der Waals surface area contributed by atoms with Gasteiger partial charge in [0.05, 0.1) is 0 Å². The fourth-order valence-electron chi connectivity index (χ4n) is 3.24. The molecule has 1 saturated heterocycles. The van der Waals surface area contributed by atoms with Crippen LogP contribution in [0.3, 0.4) is 0 Å². The Hall–Kier alpha value is -1.83. The summed E-state index contributed by atoms with van der Waals surface area (Å²) in [5.74, 6) is 0.881. The molecule has 3 rings (SSSR count). The number of anilines is 1. The third-order valence-corrected chi connectivity index (χ3v) is 4.70. The van der Waals surface area contributed by atoms with Crippen molar-refractivity contribution in [2.45, 2.75) is 25.8 Å². The minimum Gasteiger partial charge on any atom is -0.369 e. The third kappa shape index (κ3) is 5.59.